The molecule has 1 saturated heterocycles. The molecule has 1 amide bonds. The van der Waals surface area contributed by atoms with Gasteiger partial charge in [0.15, 0.2) is 11.5 Å². The van der Waals surface area contributed by atoms with Crippen LogP contribution >= 0.6 is 0 Å². The quantitative estimate of drug-likeness (QED) is 0.735. The Morgan fingerprint density at radius 1 is 1.04 bits per heavy atom. The molecule has 0 N–H and O–H groups in total. The van der Waals surface area contributed by atoms with Gasteiger partial charge in [-0.15, -0.1) is 0 Å². The molecule has 142 valence electrons. The number of benzene rings is 2. The topological polar surface area (TPSA) is 42.0 Å². The van der Waals surface area contributed by atoms with Crippen LogP contribution in [0.5, 0.6) is 11.5 Å². The predicted molar refractivity (Wildman–Crippen MR) is 108 cm³/mol. The Morgan fingerprint density at radius 2 is 1.78 bits per heavy atom. The van der Waals surface area contributed by atoms with Crippen molar-refractivity contribution in [2.24, 2.45) is 0 Å². The van der Waals surface area contributed by atoms with E-state index in [-0.39, 0.29) is 5.91 Å². The van der Waals surface area contributed by atoms with E-state index in [1.54, 1.807) is 13.2 Å². The van der Waals surface area contributed by atoms with Crippen molar-refractivity contribution >= 4 is 17.7 Å². The maximum absolute atomic E-state index is 12.5. The Bertz CT molecular complexity index is 781. The van der Waals surface area contributed by atoms with Crippen LogP contribution in [0, 0.1) is 0 Å². The van der Waals surface area contributed by atoms with Crippen LogP contribution < -0.4 is 14.4 Å². The lowest BCUT2D eigenvalue weighted by atomic mass is 10.1. The summed E-state index contributed by atoms with van der Waals surface area (Å²) in [5.74, 6) is 1.42. The predicted octanol–water partition coefficient (Wildman–Crippen LogP) is 3.46. The molecular weight excluding hydrogens is 340 g/mol. The molecule has 27 heavy (non-hydrogen) atoms. The summed E-state index contributed by atoms with van der Waals surface area (Å²) < 4.78 is 10.9. The highest BCUT2D eigenvalue weighted by Gasteiger charge is 2.19. The number of hydrogen-bond acceptors (Lipinski definition) is 4. The molecule has 0 atom stereocenters. The lowest BCUT2D eigenvalue weighted by molar-refractivity contribution is -0.126. The van der Waals surface area contributed by atoms with Gasteiger partial charge in [0, 0.05) is 37.9 Å². The first kappa shape index (κ1) is 18.8. The molecule has 0 unspecified atom stereocenters. The van der Waals surface area contributed by atoms with Crippen LogP contribution in [-0.4, -0.2) is 50.7 Å². The summed E-state index contributed by atoms with van der Waals surface area (Å²) in [5, 5.41) is 0. The van der Waals surface area contributed by atoms with Crippen molar-refractivity contribution in [2.75, 3.05) is 44.8 Å². The van der Waals surface area contributed by atoms with Crippen molar-refractivity contribution in [3.05, 3.63) is 60.2 Å². The van der Waals surface area contributed by atoms with Crippen LogP contribution in [0.4, 0.5) is 5.69 Å². The monoisotopic (exact) mass is 366 g/mol. The smallest absolute Gasteiger partial charge is 0.246 e. The summed E-state index contributed by atoms with van der Waals surface area (Å²) in [6, 6.07) is 16.0. The van der Waals surface area contributed by atoms with Crippen molar-refractivity contribution in [1.29, 1.82) is 0 Å². The van der Waals surface area contributed by atoms with E-state index in [4.69, 9.17) is 9.47 Å². The number of para-hydroxylation sites is 1. The maximum Gasteiger partial charge on any atom is 0.246 e. The SMILES string of the molecule is CCOc1cc(/C=C/C(=O)N2CCN(c3ccccc3)CC2)ccc1OC. The van der Waals surface area contributed by atoms with E-state index in [1.165, 1.54) is 5.69 Å². The van der Waals surface area contributed by atoms with Crippen molar-refractivity contribution in [2.45, 2.75) is 6.92 Å². The van der Waals surface area contributed by atoms with Gasteiger partial charge in [-0.05, 0) is 42.8 Å². The normalized spacial score (nSPS) is 14.4. The molecule has 5 heteroatoms. The molecule has 2 aromatic carbocycles. The van der Waals surface area contributed by atoms with Gasteiger partial charge in [-0.1, -0.05) is 24.3 Å². The summed E-state index contributed by atoms with van der Waals surface area (Å²) in [6.45, 7) is 5.64. The summed E-state index contributed by atoms with van der Waals surface area (Å²) in [6.07, 6.45) is 3.46. The molecule has 0 bridgehead atoms. The number of piperazine rings is 1. The molecule has 1 aliphatic rings. The first-order chi connectivity index (χ1) is 13.2. The summed E-state index contributed by atoms with van der Waals surface area (Å²) in [5.41, 5.74) is 2.12. The minimum absolute atomic E-state index is 0.0384. The second-order valence-electron chi connectivity index (χ2n) is 6.32. The van der Waals surface area contributed by atoms with E-state index >= 15 is 0 Å². The van der Waals surface area contributed by atoms with Crippen LogP contribution in [0.3, 0.4) is 0 Å². The molecule has 3 rings (SSSR count). The van der Waals surface area contributed by atoms with E-state index in [0.717, 1.165) is 31.7 Å². The third kappa shape index (κ3) is 4.82. The van der Waals surface area contributed by atoms with Gasteiger partial charge in [0.25, 0.3) is 0 Å². The van der Waals surface area contributed by atoms with Crippen molar-refractivity contribution in [3.8, 4) is 11.5 Å². The number of carbonyl (C=O) groups is 1. The van der Waals surface area contributed by atoms with Crippen LogP contribution in [0.1, 0.15) is 12.5 Å². The van der Waals surface area contributed by atoms with E-state index in [1.807, 2.05) is 54.3 Å². The number of anilines is 1. The zero-order chi connectivity index (χ0) is 19.1. The highest BCUT2D eigenvalue weighted by atomic mass is 16.5. The van der Waals surface area contributed by atoms with Gasteiger partial charge in [0.2, 0.25) is 5.91 Å². The van der Waals surface area contributed by atoms with Crippen LogP contribution in [0.25, 0.3) is 6.08 Å². The standard InChI is InChI=1S/C22H26N2O3/c1-3-27-21-17-18(9-11-20(21)26-2)10-12-22(25)24-15-13-23(14-16-24)19-7-5-4-6-8-19/h4-12,17H,3,13-16H2,1-2H3/b12-10+. The molecule has 5 nitrogen and oxygen atoms in total. The van der Waals surface area contributed by atoms with Gasteiger partial charge in [-0.3, -0.25) is 4.79 Å². The molecule has 2 aromatic rings. The number of nitrogens with zero attached hydrogens (tertiary/aromatic N) is 2. The number of carbonyl (C=O) groups excluding carboxylic acids is 1. The van der Waals surface area contributed by atoms with Crippen LogP contribution in [0.15, 0.2) is 54.6 Å². The molecule has 1 fully saturated rings. The number of rotatable bonds is 6. The van der Waals surface area contributed by atoms with Crippen molar-refractivity contribution in [1.82, 2.24) is 4.90 Å². The number of methoxy groups -OCH3 is 1. The number of amides is 1. The van der Waals surface area contributed by atoms with Crippen LogP contribution in [0.2, 0.25) is 0 Å². The Labute approximate surface area is 160 Å². The lowest BCUT2D eigenvalue weighted by Gasteiger charge is -2.35. The first-order valence-electron chi connectivity index (χ1n) is 9.29. The molecule has 0 aromatic heterocycles. The van der Waals surface area contributed by atoms with E-state index in [0.29, 0.717) is 18.1 Å². The van der Waals surface area contributed by atoms with E-state index in [2.05, 4.69) is 17.0 Å². The highest BCUT2D eigenvalue weighted by molar-refractivity contribution is 5.92. The fourth-order valence-electron chi connectivity index (χ4n) is 3.16. The zero-order valence-electron chi connectivity index (χ0n) is 15.9. The molecule has 0 radical (unpaired) electrons. The van der Waals surface area contributed by atoms with E-state index < -0.39 is 0 Å². The first-order valence-corrected chi connectivity index (χ1v) is 9.29. The number of hydrogen-bond donors (Lipinski definition) is 0. The summed E-state index contributed by atoms with van der Waals surface area (Å²) in [4.78, 5) is 16.7. The molecule has 1 heterocycles. The van der Waals surface area contributed by atoms with Gasteiger partial charge in [0.1, 0.15) is 0 Å². The highest BCUT2D eigenvalue weighted by Crippen LogP contribution is 2.28. The van der Waals surface area contributed by atoms with Gasteiger partial charge >= 0.3 is 0 Å². The third-order valence-electron chi connectivity index (χ3n) is 4.62. The Balaban J connectivity index is 1.58. The summed E-state index contributed by atoms with van der Waals surface area (Å²) in [7, 11) is 1.62. The second-order valence-corrected chi connectivity index (χ2v) is 6.32. The van der Waals surface area contributed by atoms with Gasteiger partial charge < -0.3 is 19.3 Å². The average Bonchev–Trinajstić information content (AvgIpc) is 2.73. The molecule has 0 saturated carbocycles. The minimum atomic E-state index is 0.0384. The molecule has 0 spiro atoms. The molecule has 0 aliphatic carbocycles. The Hall–Kier alpha value is -2.95. The van der Waals surface area contributed by atoms with Gasteiger partial charge in [-0.2, -0.15) is 0 Å². The van der Waals surface area contributed by atoms with Crippen molar-refractivity contribution < 1.29 is 14.3 Å². The fourth-order valence-corrected chi connectivity index (χ4v) is 3.16. The fraction of sp³-hybridized carbons (Fsp3) is 0.318. The maximum atomic E-state index is 12.5. The molecule has 1 aliphatic heterocycles. The average molecular weight is 366 g/mol. The summed E-state index contributed by atoms with van der Waals surface area (Å²) >= 11 is 0. The largest absolute Gasteiger partial charge is 0.493 e. The Kier molecular flexibility index (Phi) is 6.36. The van der Waals surface area contributed by atoms with Gasteiger partial charge in [0.05, 0.1) is 13.7 Å². The third-order valence-corrected chi connectivity index (χ3v) is 4.62. The minimum Gasteiger partial charge on any atom is -0.493 e. The Morgan fingerprint density at radius 3 is 2.44 bits per heavy atom. The van der Waals surface area contributed by atoms with Gasteiger partial charge in [-0.25, -0.2) is 0 Å². The van der Waals surface area contributed by atoms with Crippen molar-refractivity contribution in [3.63, 3.8) is 0 Å². The van der Waals surface area contributed by atoms with Crippen LogP contribution in [-0.2, 0) is 4.79 Å². The molecular formula is C22H26N2O3. The second kappa shape index (κ2) is 9.12. The lowest BCUT2D eigenvalue weighted by Crippen LogP contribution is -2.48. The number of ether oxygens (including phenoxy) is 2. The zero-order valence-corrected chi connectivity index (χ0v) is 15.9. The van der Waals surface area contributed by atoms with E-state index in [9.17, 15) is 4.79 Å².